The van der Waals surface area contributed by atoms with E-state index in [9.17, 15) is 0 Å². The normalized spacial score (nSPS) is 11.7. The molecule has 54 heavy (non-hydrogen) atoms. The van der Waals surface area contributed by atoms with E-state index in [0.717, 1.165) is 55.7 Å². The van der Waals surface area contributed by atoms with Crippen molar-refractivity contribution in [3.8, 4) is 22.3 Å². The zero-order valence-corrected chi connectivity index (χ0v) is 29.4. The van der Waals surface area contributed by atoms with Crippen LogP contribution in [-0.4, -0.2) is 0 Å². The van der Waals surface area contributed by atoms with E-state index in [4.69, 9.17) is 4.42 Å². The summed E-state index contributed by atoms with van der Waals surface area (Å²) < 4.78 is 6.49. The zero-order valence-electron chi connectivity index (χ0n) is 29.4. The molecule has 10 aromatic carbocycles. The molecule has 2 heteroatoms. The molecule has 0 aliphatic carbocycles. The van der Waals surface area contributed by atoms with Crippen LogP contribution in [0.15, 0.2) is 205 Å². The summed E-state index contributed by atoms with van der Waals surface area (Å²) in [6.07, 6.45) is 0. The van der Waals surface area contributed by atoms with Crippen LogP contribution in [0, 0.1) is 0 Å². The van der Waals surface area contributed by atoms with Crippen LogP contribution in [0.2, 0.25) is 0 Å². The largest absolute Gasteiger partial charge is 0.456 e. The number of fused-ring (bicyclic) bond motifs is 10. The average Bonchev–Trinajstić information content (AvgIpc) is 3.62. The quantitative estimate of drug-likeness (QED) is 0.168. The predicted octanol–water partition coefficient (Wildman–Crippen LogP) is 15.0. The van der Waals surface area contributed by atoms with E-state index in [1.54, 1.807) is 0 Å². The van der Waals surface area contributed by atoms with Gasteiger partial charge in [0.2, 0.25) is 0 Å². The number of hydrogen-bond acceptors (Lipinski definition) is 2. The monoisotopic (exact) mass is 687 g/mol. The second kappa shape index (κ2) is 12.2. The van der Waals surface area contributed by atoms with E-state index in [0.29, 0.717) is 0 Å². The molecule has 0 amide bonds. The third-order valence-corrected chi connectivity index (χ3v) is 11.0. The maximum Gasteiger partial charge on any atom is 0.137 e. The smallest absolute Gasteiger partial charge is 0.137 e. The number of anilines is 3. The molecule has 0 unspecified atom stereocenters. The highest BCUT2D eigenvalue weighted by molar-refractivity contribution is 6.29. The van der Waals surface area contributed by atoms with Crippen LogP contribution in [0.5, 0.6) is 0 Å². The number of benzene rings is 10. The Morgan fingerprint density at radius 2 is 0.889 bits per heavy atom. The highest BCUT2D eigenvalue weighted by atomic mass is 16.3. The summed E-state index contributed by atoms with van der Waals surface area (Å²) >= 11 is 0. The average molecular weight is 688 g/mol. The van der Waals surface area contributed by atoms with Crippen LogP contribution in [0.4, 0.5) is 17.1 Å². The molecule has 0 radical (unpaired) electrons. The van der Waals surface area contributed by atoms with Gasteiger partial charge in [-0.15, -0.1) is 0 Å². The lowest BCUT2D eigenvalue weighted by molar-refractivity contribution is 0.669. The van der Waals surface area contributed by atoms with Crippen molar-refractivity contribution in [1.29, 1.82) is 0 Å². The molecule has 0 N–H and O–H groups in total. The van der Waals surface area contributed by atoms with Gasteiger partial charge in [-0.05, 0) is 90.6 Å². The highest BCUT2D eigenvalue weighted by Gasteiger charge is 2.23. The lowest BCUT2D eigenvalue weighted by Crippen LogP contribution is -2.12. The lowest BCUT2D eigenvalue weighted by Gasteiger charge is -2.30. The Morgan fingerprint density at radius 1 is 0.315 bits per heavy atom. The number of hydrogen-bond donors (Lipinski definition) is 0. The molecule has 1 heterocycles. The summed E-state index contributed by atoms with van der Waals surface area (Å²) in [6, 6.07) is 72.3. The molecule has 0 atom stereocenters. The van der Waals surface area contributed by atoms with Crippen molar-refractivity contribution in [2.45, 2.75) is 0 Å². The fourth-order valence-electron chi connectivity index (χ4n) is 8.60. The fraction of sp³-hybridized carbons (Fsp3) is 0. The molecule has 0 spiro atoms. The number of para-hydroxylation sites is 3. The predicted molar refractivity (Wildman–Crippen MR) is 229 cm³/mol. The number of nitrogens with zero attached hydrogens (tertiary/aromatic N) is 1. The van der Waals surface area contributed by atoms with Gasteiger partial charge in [-0.3, -0.25) is 0 Å². The fourth-order valence-corrected chi connectivity index (χ4v) is 8.60. The number of rotatable bonds is 5. The Labute approximate surface area is 312 Å². The maximum absolute atomic E-state index is 6.49. The van der Waals surface area contributed by atoms with Crippen LogP contribution >= 0.6 is 0 Å². The standard InChI is InChI=1S/C52H33NO/c1-2-14-34(15-3-1)39-17-8-11-23-47(39)53(38-30-31-44-43-21-10-13-25-49(43)54-50(44)33-38)48-24-12-9-20-42(48)46-32-37-29-28-36-27-26-35-16-4-5-18-40(35)51(36)52(37)45-22-7-6-19-41(45)46/h1-33H. The van der Waals surface area contributed by atoms with Gasteiger partial charge in [-0.2, -0.15) is 0 Å². The highest BCUT2D eigenvalue weighted by Crippen LogP contribution is 2.48. The first-order valence-electron chi connectivity index (χ1n) is 18.5. The molecular weight excluding hydrogens is 655 g/mol. The molecule has 0 aliphatic rings. The number of furan rings is 1. The van der Waals surface area contributed by atoms with Crippen LogP contribution in [-0.2, 0) is 0 Å². The molecule has 0 aliphatic heterocycles. The minimum absolute atomic E-state index is 0.864. The Kier molecular flexibility index (Phi) is 6.90. The van der Waals surface area contributed by atoms with E-state index >= 15 is 0 Å². The first-order valence-corrected chi connectivity index (χ1v) is 18.5. The van der Waals surface area contributed by atoms with Crippen molar-refractivity contribution in [3.63, 3.8) is 0 Å². The van der Waals surface area contributed by atoms with Gasteiger partial charge >= 0.3 is 0 Å². The Bertz CT molecular complexity index is 3230. The van der Waals surface area contributed by atoms with Crippen LogP contribution in [0.3, 0.4) is 0 Å². The first-order chi connectivity index (χ1) is 26.8. The van der Waals surface area contributed by atoms with Gasteiger partial charge in [0.05, 0.1) is 11.4 Å². The van der Waals surface area contributed by atoms with Gasteiger partial charge in [-0.25, -0.2) is 0 Å². The molecule has 1 aromatic heterocycles. The Hall–Kier alpha value is -7.16. The molecule has 0 bridgehead atoms. The minimum atomic E-state index is 0.864. The van der Waals surface area contributed by atoms with E-state index < -0.39 is 0 Å². The topological polar surface area (TPSA) is 16.4 Å². The summed E-state index contributed by atoms with van der Waals surface area (Å²) in [7, 11) is 0. The van der Waals surface area contributed by atoms with Crippen LogP contribution < -0.4 is 4.90 Å². The van der Waals surface area contributed by atoms with Crippen molar-refractivity contribution >= 4 is 82.1 Å². The van der Waals surface area contributed by atoms with Crippen molar-refractivity contribution in [3.05, 3.63) is 200 Å². The van der Waals surface area contributed by atoms with Gasteiger partial charge in [0.25, 0.3) is 0 Å². The third-order valence-electron chi connectivity index (χ3n) is 11.0. The van der Waals surface area contributed by atoms with Crippen LogP contribution in [0.25, 0.3) is 87.3 Å². The summed E-state index contributed by atoms with van der Waals surface area (Å²) in [5, 5.41) is 12.3. The van der Waals surface area contributed by atoms with Gasteiger partial charge in [0.1, 0.15) is 11.2 Å². The molecular formula is C52H33NO. The molecule has 0 saturated heterocycles. The van der Waals surface area contributed by atoms with E-state index in [1.165, 1.54) is 48.7 Å². The van der Waals surface area contributed by atoms with Gasteiger partial charge < -0.3 is 9.32 Å². The van der Waals surface area contributed by atoms with Gasteiger partial charge in [0.15, 0.2) is 0 Å². The van der Waals surface area contributed by atoms with Crippen molar-refractivity contribution in [1.82, 2.24) is 0 Å². The molecule has 0 saturated carbocycles. The van der Waals surface area contributed by atoms with Crippen molar-refractivity contribution in [2.75, 3.05) is 4.90 Å². The zero-order chi connectivity index (χ0) is 35.6. The second-order valence-electron chi connectivity index (χ2n) is 14.0. The second-order valence-corrected chi connectivity index (χ2v) is 14.0. The van der Waals surface area contributed by atoms with E-state index in [-0.39, 0.29) is 0 Å². The lowest BCUT2D eigenvalue weighted by atomic mass is 9.88. The van der Waals surface area contributed by atoms with Crippen LogP contribution in [0.1, 0.15) is 0 Å². The van der Waals surface area contributed by atoms with Crippen molar-refractivity contribution < 1.29 is 4.42 Å². The van der Waals surface area contributed by atoms with E-state index in [1.807, 2.05) is 12.1 Å². The summed E-state index contributed by atoms with van der Waals surface area (Å²) in [5.74, 6) is 0. The SMILES string of the molecule is c1ccc(-c2ccccc2N(c2ccc3c(c2)oc2ccccc23)c2ccccc2-c2cc3ccc4ccc5ccccc5c4c3c3ccccc23)cc1. The summed E-state index contributed by atoms with van der Waals surface area (Å²) in [4.78, 5) is 2.41. The van der Waals surface area contributed by atoms with Crippen molar-refractivity contribution in [2.24, 2.45) is 0 Å². The van der Waals surface area contributed by atoms with E-state index in [2.05, 4.69) is 193 Å². The first kappa shape index (κ1) is 30.5. The summed E-state index contributed by atoms with van der Waals surface area (Å²) in [6.45, 7) is 0. The van der Waals surface area contributed by atoms with Gasteiger partial charge in [-0.1, -0.05) is 158 Å². The molecule has 11 aromatic rings. The maximum atomic E-state index is 6.49. The minimum Gasteiger partial charge on any atom is -0.456 e. The molecule has 11 rings (SSSR count). The van der Waals surface area contributed by atoms with Gasteiger partial charge in [0, 0.05) is 33.7 Å². The molecule has 252 valence electrons. The Morgan fingerprint density at radius 3 is 1.72 bits per heavy atom. The molecule has 0 fully saturated rings. The summed E-state index contributed by atoms with van der Waals surface area (Å²) in [5.41, 5.74) is 9.63. The third kappa shape index (κ3) is 4.74. The molecule has 2 nitrogen and oxygen atoms in total. The Balaban J connectivity index is 1.21.